The Hall–Kier alpha value is -0.900. The van der Waals surface area contributed by atoms with Crippen LogP contribution in [0.2, 0.25) is 0 Å². The average Bonchev–Trinajstić information content (AvgIpc) is 3.05. The van der Waals surface area contributed by atoms with Gasteiger partial charge in [0.05, 0.1) is 17.8 Å². The van der Waals surface area contributed by atoms with E-state index in [-0.39, 0.29) is 5.92 Å². The summed E-state index contributed by atoms with van der Waals surface area (Å²) in [4.78, 5) is 0. The molecule has 0 bridgehead atoms. The van der Waals surface area contributed by atoms with Crippen LogP contribution in [0.25, 0.3) is 0 Å². The molecule has 0 saturated heterocycles. The average molecular weight is 431 g/mol. The first kappa shape index (κ1) is 24.7. The summed E-state index contributed by atoms with van der Waals surface area (Å²) >= 11 is 0. The molecule has 3 fully saturated rings. The lowest BCUT2D eigenvalue weighted by Crippen LogP contribution is -2.37. The molecule has 3 saturated carbocycles. The first-order valence-electron chi connectivity index (χ1n) is 12.6. The Kier molecular flexibility index (Phi) is 7.61. The van der Waals surface area contributed by atoms with Gasteiger partial charge in [-0.3, -0.25) is 0 Å². The molecular formula is C28H46O3. The minimum absolute atomic E-state index is 0.287. The molecule has 3 rings (SSSR count). The molecule has 0 amide bonds. The third-order valence-electron chi connectivity index (χ3n) is 9.34. The Morgan fingerprint density at radius 2 is 1.90 bits per heavy atom. The first-order chi connectivity index (χ1) is 14.5. The Balaban J connectivity index is 1.73. The minimum atomic E-state index is -0.621. The van der Waals surface area contributed by atoms with Gasteiger partial charge in [-0.05, 0) is 98.5 Å². The topological polar surface area (TPSA) is 60.7 Å². The molecule has 0 radical (unpaired) electrons. The molecule has 176 valence electrons. The molecule has 0 aliphatic heterocycles. The summed E-state index contributed by atoms with van der Waals surface area (Å²) in [5.74, 6) is 2.25. The van der Waals surface area contributed by atoms with Gasteiger partial charge in [0.15, 0.2) is 0 Å². The monoisotopic (exact) mass is 430 g/mol. The number of aliphatic hydroxyl groups excluding tert-OH is 2. The van der Waals surface area contributed by atoms with Gasteiger partial charge < -0.3 is 15.3 Å². The van der Waals surface area contributed by atoms with Gasteiger partial charge in [0, 0.05) is 6.42 Å². The molecule has 3 nitrogen and oxygen atoms in total. The molecule has 3 aliphatic rings. The van der Waals surface area contributed by atoms with Gasteiger partial charge in [0.25, 0.3) is 0 Å². The zero-order valence-corrected chi connectivity index (χ0v) is 20.5. The molecule has 0 aromatic heterocycles. The van der Waals surface area contributed by atoms with E-state index in [0.29, 0.717) is 36.0 Å². The number of fused-ring (bicyclic) bond motifs is 1. The quantitative estimate of drug-likeness (QED) is 0.488. The van der Waals surface area contributed by atoms with Gasteiger partial charge in [-0.1, -0.05) is 52.0 Å². The first-order valence-corrected chi connectivity index (χ1v) is 12.6. The van der Waals surface area contributed by atoms with Crippen molar-refractivity contribution in [1.82, 2.24) is 0 Å². The van der Waals surface area contributed by atoms with Crippen LogP contribution < -0.4 is 0 Å². The van der Waals surface area contributed by atoms with E-state index < -0.39 is 17.8 Å². The summed E-state index contributed by atoms with van der Waals surface area (Å²) in [5.41, 5.74) is 3.09. The molecule has 3 aliphatic carbocycles. The van der Waals surface area contributed by atoms with Gasteiger partial charge in [0.1, 0.15) is 0 Å². The second-order valence-corrected chi connectivity index (χ2v) is 11.7. The van der Waals surface area contributed by atoms with Crippen LogP contribution in [-0.4, -0.2) is 33.1 Å². The lowest BCUT2D eigenvalue weighted by Gasteiger charge is -2.45. The van der Waals surface area contributed by atoms with E-state index in [1.54, 1.807) is 5.57 Å². The van der Waals surface area contributed by atoms with Crippen molar-refractivity contribution in [3.63, 3.8) is 0 Å². The maximum atomic E-state index is 10.7. The van der Waals surface area contributed by atoms with Crippen LogP contribution in [0, 0.1) is 29.1 Å². The van der Waals surface area contributed by atoms with E-state index in [1.165, 1.54) is 25.7 Å². The number of hydrogen-bond donors (Lipinski definition) is 3. The van der Waals surface area contributed by atoms with Gasteiger partial charge >= 0.3 is 0 Å². The normalized spacial score (nSPS) is 39.7. The van der Waals surface area contributed by atoms with E-state index in [0.717, 1.165) is 30.4 Å². The third kappa shape index (κ3) is 5.20. The van der Waals surface area contributed by atoms with Crippen LogP contribution in [0.15, 0.2) is 35.5 Å². The van der Waals surface area contributed by atoms with Crippen molar-refractivity contribution >= 4 is 0 Å². The van der Waals surface area contributed by atoms with E-state index >= 15 is 0 Å². The lowest BCUT2D eigenvalue weighted by molar-refractivity contribution is -0.00642. The molecule has 3 N–H and O–H groups in total. The van der Waals surface area contributed by atoms with Crippen molar-refractivity contribution in [2.24, 2.45) is 29.1 Å². The predicted molar refractivity (Wildman–Crippen MR) is 129 cm³/mol. The Morgan fingerprint density at radius 3 is 2.58 bits per heavy atom. The van der Waals surface area contributed by atoms with Crippen molar-refractivity contribution in [2.45, 2.75) is 110 Å². The Bertz CT molecular complexity index is 716. The molecule has 0 spiro atoms. The maximum absolute atomic E-state index is 10.7. The molecule has 0 aromatic carbocycles. The van der Waals surface area contributed by atoms with E-state index in [2.05, 4.69) is 46.4 Å². The maximum Gasteiger partial charge on any atom is 0.0811 e. The van der Waals surface area contributed by atoms with Crippen LogP contribution in [0.1, 0.15) is 92.4 Å². The molecule has 31 heavy (non-hydrogen) atoms. The number of rotatable bonds is 6. The number of hydrogen-bond acceptors (Lipinski definition) is 3. The van der Waals surface area contributed by atoms with E-state index in [4.69, 9.17) is 0 Å². The highest BCUT2D eigenvalue weighted by molar-refractivity contribution is 5.38. The molecule has 3 heteroatoms. The summed E-state index contributed by atoms with van der Waals surface area (Å²) < 4.78 is 0. The molecular weight excluding hydrogens is 384 g/mol. The smallest absolute Gasteiger partial charge is 0.0811 e. The van der Waals surface area contributed by atoms with Crippen LogP contribution in [0.5, 0.6) is 0 Å². The highest BCUT2D eigenvalue weighted by atomic mass is 16.3. The molecule has 0 heterocycles. The predicted octanol–water partition coefficient (Wildman–Crippen LogP) is 5.95. The number of aliphatic hydroxyl groups is 3. The van der Waals surface area contributed by atoms with Crippen LogP contribution in [0.4, 0.5) is 0 Å². The van der Waals surface area contributed by atoms with E-state index in [9.17, 15) is 15.3 Å². The number of allylic oxidation sites excluding steroid dienone is 3. The van der Waals surface area contributed by atoms with Crippen molar-refractivity contribution in [3.8, 4) is 0 Å². The third-order valence-corrected chi connectivity index (χ3v) is 9.34. The summed E-state index contributed by atoms with van der Waals surface area (Å²) in [6.07, 6.45) is 12.5. The highest BCUT2D eigenvalue weighted by Crippen LogP contribution is 2.60. The summed E-state index contributed by atoms with van der Waals surface area (Å²) in [7, 11) is 0. The SMILES string of the molecule is C=C1/C(=C\C=C2/CCC[C@@]3(C)C2CCC3[C@H](C)CC[C@@](C)(O)C(C)C)C[C@@H](O)C[C@@H]1O. The van der Waals surface area contributed by atoms with Gasteiger partial charge in [0.2, 0.25) is 0 Å². The molecule has 7 atom stereocenters. The second kappa shape index (κ2) is 9.53. The van der Waals surface area contributed by atoms with Crippen LogP contribution in [-0.2, 0) is 0 Å². The Morgan fingerprint density at radius 1 is 1.19 bits per heavy atom. The van der Waals surface area contributed by atoms with Gasteiger partial charge in [-0.25, -0.2) is 0 Å². The minimum Gasteiger partial charge on any atom is -0.393 e. The fraction of sp³-hybridized carbons (Fsp3) is 0.786. The lowest BCUT2D eigenvalue weighted by atomic mass is 9.60. The summed E-state index contributed by atoms with van der Waals surface area (Å²) in [5, 5.41) is 30.9. The van der Waals surface area contributed by atoms with Crippen LogP contribution in [0.3, 0.4) is 0 Å². The highest BCUT2D eigenvalue weighted by Gasteiger charge is 2.50. The summed E-state index contributed by atoms with van der Waals surface area (Å²) in [6, 6.07) is 0. The zero-order valence-electron chi connectivity index (χ0n) is 20.5. The van der Waals surface area contributed by atoms with Gasteiger partial charge in [-0.15, -0.1) is 0 Å². The Labute approximate surface area is 190 Å². The van der Waals surface area contributed by atoms with Crippen molar-refractivity contribution in [2.75, 3.05) is 0 Å². The van der Waals surface area contributed by atoms with Crippen molar-refractivity contribution in [3.05, 3.63) is 35.5 Å². The van der Waals surface area contributed by atoms with Crippen molar-refractivity contribution in [1.29, 1.82) is 0 Å². The standard InChI is InChI=1S/C28H46O3/c1-18(2)28(6,31)15-13-19(3)24-11-12-25-21(8-7-14-27(24,25)5)9-10-22-16-23(29)17-26(30)20(22)4/h9-10,18-19,23-26,29-31H,4,7-8,11-17H2,1-3,5-6H3/b21-9+,22-10-/t19-,23-,24?,25?,26+,27-,28-/m1/s1. The zero-order chi connectivity index (χ0) is 23.0. The molecule has 0 aromatic rings. The van der Waals surface area contributed by atoms with Crippen molar-refractivity contribution < 1.29 is 15.3 Å². The molecule has 2 unspecified atom stereocenters. The fourth-order valence-electron chi connectivity index (χ4n) is 6.69. The second-order valence-electron chi connectivity index (χ2n) is 11.7. The summed E-state index contributed by atoms with van der Waals surface area (Å²) in [6.45, 7) is 15.2. The van der Waals surface area contributed by atoms with Crippen LogP contribution >= 0.6 is 0 Å². The van der Waals surface area contributed by atoms with E-state index in [1.807, 2.05) is 6.92 Å². The van der Waals surface area contributed by atoms with Gasteiger partial charge in [-0.2, -0.15) is 0 Å². The largest absolute Gasteiger partial charge is 0.393 e. The fourth-order valence-corrected chi connectivity index (χ4v) is 6.69.